The monoisotopic (exact) mass is 414 g/mol. The Bertz CT molecular complexity index is 1020. The number of hydrogen-bond acceptors (Lipinski definition) is 3. The number of carbonyl (C=O) groups excluding carboxylic acids is 1. The Morgan fingerprint density at radius 2 is 2.10 bits per heavy atom. The second-order valence-electron chi connectivity index (χ2n) is 8.10. The number of halogens is 2. The molecule has 1 amide bonds. The van der Waals surface area contributed by atoms with Crippen molar-refractivity contribution in [1.82, 2.24) is 19.4 Å². The fourth-order valence-corrected chi connectivity index (χ4v) is 3.81. The van der Waals surface area contributed by atoms with Gasteiger partial charge < -0.3 is 9.47 Å². The van der Waals surface area contributed by atoms with Gasteiger partial charge in [-0.1, -0.05) is 31.5 Å². The molecule has 1 aromatic carbocycles. The van der Waals surface area contributed by atoms with Crippen LogP contribution in [-0.4, -0.2) is 31.9 Å². The first kappa shape index (κ1) is 19.8. The zero-order valence-corrected chi connectivity index (χ0v) is 17.4. The lowest BCUT2D eigenvalue weighted by atomic mass is 10.1. The Hall–Kier alpha value is -2.47. The molecule has 1 saturated carbocycles. The van der Waals surface area contributed by atoms with E-state index >= 15 is 0 Å². The summed E-state index contributed by atoms with van der Waals surface area (Å²) >= 11 is 6.16. The number of nitrogens with zero attached hydrogens (tertiary/aromatic N) is 4. The molecule has 0 aliphatic heterocycles. The van der Waals surface area contributed by atoms with Gasteiger partial charge in [-0.05, 0) is 48.9 Å². The smallest absolute Gasteiger partial charge is 0.258 e. The molecule has 7 heteroatoms. The van der Waals surface area contributed by atoms with Crippen LogP contribution in [0.2, 0.25) is 5.02 Å². The summed E-state index contributed by atoms with van der Waals surface area (Å²) in [5.41, 5.74) is 1.55. The summed E-state index contributed by atoms with van der Waals surface area (Å²) in [4.78, 5) is 24.1. The van der Waals surface area contributed by atoms with Gasteiger partial charge in [0.1, 0.15) is 17.2 Å². The maximum Gasteiger partial charge on any atom is 0.258 e. The highest BCUT2D eigenvalue weighted by Crippen LogP contribution is 2.32. The van der Waals surface area contributed by atoms with Crippen molar-refractivity contribution in [1.29, 1.82) is 0 Å². The quantitative estimate of drug-likeness (QED) is 0.550. The van der Waals surface area contributed by atoms with E-state index in [4.69, 9.17) is 16.6 Å². The first-order valence-corrected chi connectivity index (χ1v) is 10.3. The lowest BCUT2D eigenvalue weighted by Gasteiger charge is -2.25. The maximum absolute atomic E-state index is 14.4. The van der Waals surface area contributed by atoms with Gasteiger partial charge in [0.25, 0.3) is 5.91 Å². The largest absolute Gasteiger partial charge is 0.331 e. The second kappa shape index (κ2) is 8.11. The van der Waals surface area contributed by atoms with E-state index in [1.165, 1.54) is 31.0 Å². The second-order valence-corrected chi connectivity index (χ2v) is 8.51. The van der Waals surface area contributed by atoms with Gasteiger partial charge >= 0.3 is 0 Å². The summed E-state index contributed by atoms with van der Waals surface area (Å²) in [6, 6.07) is 8.09. The highest BCUT2D eigenvalue weighted by atomic mass is 35.5. The Balaban J connectivity index is 1.71. The molecule has 1 fully saturated rings. The van der Waals surface area contributed by atoms with Crippen LogP contribution in [0.4, 0.5) is 4.39 Å². The van der Waals surface area contributed by atoms with Crippen LogP contribution >= 0.6 is 11.6 Å². The standard InChI is InChI=1S/C22H24ClFN4O/c1-14(2)11-27(22(29)20-16(23)5-3-6-17(20)24)13-19-26-18-7-4-10-25-21(18)28(19)12-15-8-9-15/h3-7,10,14-15H,8-9,11-13H2,1-2H3. The van der Waals surface area contributed by atoms with Gasteiger partial charge in [0.15, 0.2) is 5.65 Å². The van der Waals surface area contributed by atoms with E-state index in [2.05, 4.69) is 9.55 Å². The SMILES string of the molecule is CC(C)CN(Cc1nc2cccnc2n1CC1CC1)C(=O)c1c(F)cccc1Cl. The number of amides is 1. The number of imidazole rings is 1. The van der Waals surface area contributed by atoms with Crippen LogP contribution in [0.1, 0.15) is 42.9 Å². The summed E-state index contributed by atoms with van der Waals surface area (Å²) < 4.78 is 16.5. The van der Waals surface area contributed by atoms with E-state index in [0.29, 0.717) is 12.5 Å². The minimum Gasteiger partial charge on any atom is -0.331 e. The Morgan fingerprint density at radius 3 is 2.79 bits per heavy atom. The molecule has 2 heterocycles. The van der Waals surface area contributed by atoms with Crippen LogP contribution in [0.5, 0.6) is 0 Å². The third kappa shape index (κ3) is 4.27. The van der Waals surface area contributed by atoms with Crippen molar-refractivity contribution in [2.24, 2.45) is 11.8 Å². The van der Waals surface area contributed by atoms with Crippen molar-refractivity contribution in [2.75, 3.05) is 6.54 Å². The molecule has 29 heavy (non-hydrogen) atoms. The van der Waals surface area contributed by atoms with Crippen LogP contribution in [0.25, 0.3) is 11.2 Å². The summed E-state index contributed by atoms with van der Waals surface area (Å²) in [6.07, 6.45) is 4.16. The maximum atomic E-state index is 14.4. The number of hydrogen-bond donors (Lipinski definition) is 0. The summed E-state index contributed by atoms with van der Waals surface area (Å²) in [7, 11) is 0. The Labute approximate surface area is 174 Å². The lowest BCUT2D eigenvalue weighted by molar-refractivity contribution is 0.0711. The molecule has 0 N–H and O–H groups in total. The van der Waals surface area contributed by atoms with Gasteiger partial charge in [0.05, 0.1) is 17.1 Å². The number of carbonyl (C=O) groups is 1. The molecule has 0 bridgehead atoms. The van der Waals surface area contributed by atoms with E-state index in [9.17, 15) is 9.18 Å². The van der Waals surface area contributed by atoms with Gasteiger partial charge in [-0.25, -0.2) is 14.4 Å². The van der Waals surface area contributed by atoms with Crippen molar-refractivity contribution >= 4 is 28.7 Å². The third-order valence-corrected chi connectivity index (χ3v) is 5.42. The van der Waals surface area contributed by atoms with Crippen molar-refractivity contribution in [3.8, 4) is 0 Å². The molecule has 5 nitrogen and oxygen atoms in total. The average molecular weight is 415 g/mol. The summed E-state index contributed by atoms with van der Waals surface area (Å²) in [5.74, 6) is 0.587. The predicted octanol–water partition coefficient (Wildman–Crippen LogP) is 4.93. The number of pyridine rings is 1. The van der Waals surface area contributed by atoms with Gasteiger partial charge in [-0.3, -0.25) is 4.79 Å². The molecule has 152 valence electrons. The van der Waals surface area contributed by atoms with Crippen LogP contribution in [0.3, 0.4) is 0 Å². The highest BCUT2D eigenvalue weighted by molar-refractivity contribution is 6.33. The van der Waals surface area contributed by atoms with Gasteiger partial charge in [-0.15, -0.1) is 0 Å². The zero-order chi connectivity index (χ0) is 20.5. The number of fused-ring (bicyclic) bond motifs is 1. The van der Waals surface area contributed by atoms with Gasteiger partial charge in [0, 0.05) is 19.3 Å². The predicted molar refractivity (Wildman–Crippen MR) is 111 cm³/mol. The van der Waals surface area contributed by atoms with Gasteiger partial charge in [-0.2, -0.15) is 0 Å². The fourth-order valence-electron chi connectivity index (χ4n) is 3.57. The molecule has 1 aliphatic carbocycles. The fraction of sp³-hybridized carbons (Fsp3) is 0.409. The van der Waals surface area contributed by atoms with E-state index in [0.717, 1.165) is 23.5 Å². The molecule has 0 unspecified atom stereocenters. The van der Waals surface area contributed by atoms with Crippen molar-refractivity contribution in [2.45, 2.75) is 39.8 Å². The number of rotatable bonds is 7. The minimum absolute atomic E-state index is 0.0854. The molecule has 0 saturated heterocycles. The molecule has 0 spiro atoms. The van der Waals surface area contributed by atoms with E-state index in [-0.39, 0.29) is 23.0 Å². The first-order valence-electron chi connectivity index (χ1n) is 9.97. The van der Waals surface area contributed by atoms with E-state index in [1.54, 1.807) is 11.1 Å². The molecule has 0 radical (unpaired) electrons. The minimum atomic E-state index is -0.607. The molecule has 4 rings (SSSR count). The third-order valence-electron chi connectivity index (χ3n) is 5.10. The molecular weight excluding hydrogens is 391 g/mol. The zero-order valence-electron chi connectivity index (χ0n) is 16.6. The average Bonchev–Trinajstić information content (AvgIpc) is 3.43. The molecule has 0 atom stereocenters. The van der Waals surface area contributed by atoms with Crippen molar-refractivity contribution < 1.29 is 9.18 Å². The highest BCUT2D eigenvalue weighted by Gasteiger charge is 2.28. The van der Waals surface area contributed by atoms with Crippen LogP contribution < -0.4 is 0 Å². The molecule has 3 aromatic rings. The Kier molecular flexibility index (Phi) is 5.54. The van der Waals surface area contributed by atoms with Gasteiger partial charge in [0.2, 0.25) is 0 Å². The molecule has 1 aliphatic rings. The molecular formula is C22H24ClFN4O. The van der Waals surface area contributed by atoms with Crippen molar-refractivity contribution in [3.05, 3.63) is 58.8 Å². The first-order chi connectivity index (χ1) is 13.9. The van der Waals surface area contributed by atoms with Crippen LogP contribution in [-0.2, 0) is 13.1 Å². The lowest BCUT2D eigenvalue weighted by Crippen LogP contribution is -2.35. The van der Waals surface area contributed by atoms with Crippen LogP contribution in [0, 0.1) is 17.7 Å². The summed E-state index contributed by atoms with van der Waals surface area (Å²) in [5, 5.41) is 0.122. The summed E-state index contributed by atoms with van der Waals surface area (Å²) in [6.45, 7) is 5.65. The molecule has 2 aromatic heterocycles. The van der Waals surface area contributed by atoms with E-state index < -0.39 is 11.7 Å². The normalized spacial score (nSPS) is 14.0. The van der Waals surface area contributed by atoms with E-state index in [1.807, 2.05) is 26.0 Å². The van der Waals surface area contributed by atoms with Crippen LogP contribution in [0.15, 0.2) is 36.5 Å². The van der Waals surface area contributed by atoms with Crippen molar-refractivity contribution in [3.63, 3.8) is 0 Å². The Morgan fingerprint density at radius 1 is 1.31 bits per heavy atom. The number of benzene rings is 1. The number of aromatic nitrogens is 3. The topological polar surface area (TPSA) is 51.0 Å².